The highest BCUT2D eigenvalue weighted by Crippen LogP contribution is 2.30. The highest BCUT2D eigenvalue weighted by molar-refractivity contribution is 6.00. The molecule has 0 aliphatic carbocycles. The first-order valence-electron chi connectivity index (χ1n) is 9.34. The van der Waals surface area contributed by atoms with Crippen LogP contribution in [0.5, 0.6) is 5.75 Å². The Bertz CT molecular complexity index is 1060. The van der Waals surface area contributed by atoms with Crippen molar-refractivity contribution in [3.63, 3.8) is 0 Å². The SMILES string of the molecule is C[C@H](/C=C/C(=O)NO)[C@H](OC(=O)Nc1cccc2ccccc12)c1ccc(O)cc1. The van der Waals surface area contributed by atoms with Crippen molar-refractivity contribution in [2.24, 2.45) is 5.92 Å². The Morgan fingerprint density at radius 2 is 1.70 bits per heavy atom. The molecule has 3 aromatic carbocycles. The van der Waals surface area contributed by atoms with Gasteiger partial charge in [0.1, 0.15) is 11.9 Å². The van der Waals surface area contributed by atoms with Crippen molar-refractivity contribution >= 4 is 28.5 Å². The van der Waals surface area contributed by atoms with E-state index in [-0.39, 0.29) is 5.75 Å². The molecule has 0 bridgehead atoms. The summed E-state index contributed by atoms with van der Waals surface area (Å²) < 4.78 is 5.68. The van der Waals surface area contributed by atoms with Crippen LogP contribution in [0.1, 0.15) is 18.6 Å². The van der Waals surface area contributed by atoms with Gasteiger partial charge >= 0.3 is 6.09 Å². The van der Waals surface area contributed by atoms with E-state index < -0.39 is 24.0 Å². The quantitative estimate of drug-likeness (QED) is 0.273. The first-order valence-corrected chi connectivity index (χ1v) is 9.34. The summed E-state index contributed by atoms with van der Waals surface area (Å²) in [6, 6.07) is 19.5. The highest BCUT2D eigenvalue weighted by atomic mass is 16.6. The first-order chi connectivity index (χ1) is 14.5. The number of hydroxylamine groups is 1. The molecule has 0 heterocycles. The lowest BCUT2D eigenvalue weighted by atomic mass is 9.96. The fourth-order valence-corrected chi connectivity index (χ4v) is 3.11. The van der Waals surface area contributed by atoms with Gasteiger partial charge in [0, 0.05) is 17.4 Å². The standard InChI is InChI=1S/C23H22N2O5/c1-15(9-14-21(27)25-29)22(17-10-12-18(26)13-11-17)30-23(28)24-20-8-4-6-16-5-2-3-7-19(16)20/h2-15,22,26,29H,1H3,(H,24,28)(H,25,27)/b14-9+/t15-,22+/m1/s1. The number of carbonyl (C=O) groups is 2. The fourth-order valence-electron chi connectivity index (χ4n) is 3.11. The van der Waals surface area contributed by atoms with Crippen molar-refractivity contribution in [2.75, 3.05) is 5.32 Å². The van der Waals surface area contributed by atoms with Crippen LogP contribution in [-0.4, -0.2) is 22.3 Å². The van der Waals surface area contributed by atoms with Gasteiger partial charge in [0.15, 0.2) is 0 Å². The number of hydrogen-bond donors (Lipinski definition) is 4. The predicted octanol–water partition coefficient (Wildman–Crippen LogP) is 4.53. The average Bonchev–Trinajstić information content (AvgIpc) is 2.76. The maximum Gasteiger partial charge on any atom is 0.412 e. The normalized spacial score (nSPS) is 13.0. The molecule has 0 fully saturated rings. The van der Waals surface area contributed by atoms with Gasteiger partial charge in [-0.2, -0.15) is 0 Å². The van der Waals surface area contributed by atoms with E-state index >= 15 is 0 Å². The van der Waals surface area contributed by atoms with Gasteiger partial charge in [-0.1, -0.05) is 61.5 Å². The van der Waals surface area contributed by atoms with Crippen LogP contribution in [0.25, 0.3) is 10.8 Å². The number of ether oxygens (including phenoxy) is 1. The zero-order valence-electron chi connectivity index (χ0n) is 16.3. The number of carbonyl (C=O) groups excluding carboxylic acids is 2. The number of phenolic OH excluding ortho intramolecular Hbond substituents is 1. The van der Waals surface area contributed by atoms with E-state index in [1.165, 1.54) is 23.7 Å². The van der Waals surface area contributed by atoms with E-state index in [1.54, 1.807) is 25.1 Å². The van der Waals surface area contributed by atoms with Crippen LogP contribution in [0.4, 0.5) is 10.5 Å². The Morgan fingerprint density at radius 1 is 1.00 bits per heavy atom. The summed E-state index contributed by atoms with van der Waals surface area (Å²) in [5, 5.41) is 22.8. The molecule has 7 heteroatoms. The van der Waals surface area contributed by atoms with Crippen molar-refractivity contribution in [1.82, 2.24) is 5.48 Å². The first kappa shape index (κ1) is 20.9. The summed E-state index contributed by atoms with van der Waals surface area (Å²) in [6.07, 6.45) is 1.29. The topological polar surface area (TPSA) is 108 Å². The second kappa shape index (κ2) is 9.58. The number of nitrogens with one attached hydrogen (secondary N) is 2. The number of benzene rings is 3. The number of rotatable bonds is 6. The molecule has 30 heavy (non-hydrogen) atoms. The third-order valence-electron chi connectivity index (χ3n) is 4.62. The van der Waals surface area contributed by atoms with Gasteiger partial charge in [0.2, 0.25) is 0 Å². The van der Waals surface area contributed by atoms with E-state index in [4.69, 9.17) is 9.94 Å². The third kappa shape index (κ3) is 5.15. The minimum atomic E-state index is -0.733. The number of fused-ring (bicyclic) bond motifs is 1. The molecule has 2 atom stereocenters. The molecule has 3 aromatic rings. The van der Waals surface area contributed by atoms with E-state index in [1.807, 2.05) is 36.4 Å². The number of hydrogen-bond acceptors (Lipinski definition) is 5. The molecule has 0 aromatic heterocycles. The maximum atomic E-state index is 12.7. The van der Waals surface area contributed by atoms with Crippen LogP contribution in [0, 0.1) is 5.92 Å². The van der Waals surface area contributed by atoms with Crippen molar-refractivity contribution in [2.45, 2.75) is 13.0 Å². The number of anilines is 1. The van der Waals surface area contributed by atoms with Crippen molar-refractivity contribution in [3.8, 4) is 5.75 Å². The molecule has 7 nitrogen and oxygen atoms in total. The largest absolute Gasteiger partial charge is 0.508 e. The van der Waals surface area contributed by atoms with Crippen LogP contribution >= 0.6 is 0 Å². The molecule has 2 amide bonds. The van der Waals surface area contributed by atoms with Gasteiger partial charge in [-0.25, -0.2) is 10.3 Å². The molecular weight excluding hydrogens is 384 g/mol. The minimum Gasteiger partial charge on any atom is -0.508 e. The van der Waals surface area contributed by atoms with Crippen LogP contribution in [0.3, 0.4) is 0 Å². The van der Waals surface area contributed by atoms with E-state index in [0.717, 1.165) is 16.8 Å². The predicted molar refractivity (Wildman–Crippen MR) is 113 cm³/mol. The average molecular weight is 406 g/mol. The van der Waals surface area contributed by atoms with Gasteiger partial charge in [0.05, 0.1) is 5.69 Å². The summed E-state index contributed by atoms with van der Waals surface area (Å²) >= 11 is 0. The highest BCUT2D eigenvalue weighted by Gasteiger charge is 2.23. The number of phenols is 1. The minimum absolute atomic E-state index is 0.0839. The molecule has 4 N–H and O–H groups in total. The summed E-state index contributed by atoms with van der Waals surface area (Å²) in [7, 11) is 0. The molecule has 0 radical (unpaired) electrons. The molecule has 154 valence electrons. The molecule has 0 spiro atoms. The zero-order chi connectivity index (χ0) is 21.5. The lowest BCUT2D eigenvalue weighted by Crippen LogP contribution is -2.22. The molecule has 3 rings (SSSR count). The second-order valence-corrected chi connectivity index (χ2v) is 6.76. The monoisotopic (exact) mass is 406 g/mol. The molecular formula is C23H22N2O5. The van der Waals surface area contributed by atoms with Crippen molar-refractivity contribution in [3.05, 3.63) is 84.4 Å². The van der Waals surface area contributed by atoms with E-state index in [0.29, 0.717) is 11.3 Å². The van der Waals surface area contributed by atoms with Gasteiger partial charge in [-0.15, -0.1) is 0 Å². The Hall–Kier alpha value is -3.84. The third-order valence-corrected chi connectivity index (χ3v) is 4.62. The van der Waals surface area contributed by atoms with Crippen LogP contribution in [0.15, 0.2) is 78.9 Å². The lowest BCUT2D eigenvalue weighted by molar-refractivity contribution is -0.124. The molecule has 0 aliphatic heterocycles. The van der Waals surface area contributed by atoms with Gasteiger partial charge < -0.3 is 9.84 Å². The van der Waals surface area contributed by atoms with E-state index in [2.05, 4.69) is 5.32 Å². The molecule has 0 unspecified atom stereocenters. The van der Waals surface area contributed by atoms with E-state index in [9.17, 15) is 14.7 Å². The second-order valence-electron chi connectivity index (χ2n) is 6.76. The number of aromatic hydroxyl groups is 1. The van der Waals surface area contributed by atoms with Crippen molar-refractivity contribution in [1.29, 1.82) is 0 Å². The summed E-state index contributed by atoms with van der Waals surface area (Å²) in [6.45, 7) is 1.77. The van der Waals surface area contributed by atoms with Gasteiger partial charge in [-0.05, 0) is 29.1 Å². The van der Waals surface area contributed by atoms with Gasteiger partial charge in [0.25, 0.3) is 5.91 Å². The Morgan fingerprint density at radius 3 is 2.43 bits per heavy atom. The summed E-state index contributed by atoms with van der Waals surface area (Å²) in [5.41, 5.74) is 2.78. The van der Waals surface area contributed by atoms with Crippen LogP contribution < -0.4 is 10.8 Å². The fraction of sp³-hybridized carbons (Fsp3) is 0.130. The Balaban J connectivity index is 1.82. The summed E-state index contributed by atoms with van der Waals surface area (Å²) in [4.78, 5) is 24.0. The zero-order valence-corrected chi connectivity index (χ0v) is 16.3. The van der Waals surface area contributed by atoms with Crippen molar-refractivity contribution < 1.29 is 24.6 Å². The lowest BCUT2D eigenvalue weighted by Gasteiger charge is -2.23. The van der Waals surface area contributed by atoms with Crippen LogP contribution in [0.2, 0.25) is 0 Å². The summed E-state index contributed by atoms with van der Waals surface area (Å²) in [5.74, 6) is -1.00. The molecule has 0 saturated carbocycles. The van der Waals surface area contributed by atoms with Crippen LogP contribution in [-0.2, 0) is 9.53 Å². The molecule has 0 saturated heterocycles. The Kier molecular flexibility index (Phi) is 6.67. The molecule has 0 aliphatic rings. The smallest absolute Gasteiger partial charge is 0.412 e. The van der Waals surface area contributed by atoms with Gasteiger partial charge in [-0.3, -0.25) is 15.3 Å². The number of amides is 2. The Labute approximate surface area is 173 Å². The maximum absolute atomic E-state index is 12.7.